The predicted octanol–water partition coefficient (Wildman–Crippen LogP) is 2.92. The van der Waals surface area contributed by atoms with Crippen molar-refractivity contribution in [1.82, 2.24) is 4.31 Å². The molecule has 2 atom stereocenters. The van der Waals surface area contributed by atoms with E-state index in [2.05, 4.69) is 6.58 Å². The maximum absolute atomic E-state index is 12.8. The molecule has 0 saturated carbocycles. The molecule has 0 heterocycles. The summed E-state index contributed by atoms with van der Waals surface area (Å²) >= 11 is 5.80. The highest BCUT2D eigenvalue weighted by Crippen LogP contribution is 2.24. The molecule has 1 N–H and O–H groups in total. The van der Waals surface area contributed by atoms with Crippen LogP contribution in [0.15, 0.2) is 41.8 Å². The van der Waals surface area contributed by atoms with Crippen LogP contribution in [0, 0.1) is 5.92 Å². The number of aliphatic hydroxyl groups excluding tert-OH is 1. The van der Waals surface area contributed by atoms with Gasteiger partial charge in [-0.15, -0.1) is 6.58 Å². The third kappa shape index (κ3) is 4.30. The summed E-state index contributed by atoms with van der Waals surface area (Å²) in [5, 5.41) is 10.1. The second-order valence-corrected chi connectivity index (χ2v) is 7.28. The molecule has 1 unspecified atom stereocenters. The Hall–Kier alpha value is -0.880. The summed E-state index contributed by atoms with van der Waals surface area (Å²) in [6, 6.07) is 5.54. The lowest BCUT2D eigenvalue weighted by Gasteiger charge is -2.32. The van der Waals surface area contributed by atoms with Crippen molar-refractivity contribution in [2.45, 2.75) is 31.2 Å². The molecule has 1 aromatic carbocycles. The highest BCUT2D eigenvalue weighted by atomic mass is 35.5. The van der Waals surface area contributed by atoms with Gasteiger partial charge in [-0.3, -0.25) is 0 Å². The van der Waals surface area contributed by atoms with Crippen LogP contribution in [0.4, 0.5) is 0 Å². The fourth-order valence-corrected chi connectivity index (χ4v) is 3.92. The van der Waals surface area contributed by atoms with Crippen molar-refractivity contribution in [3.63, 3.8) is 0 Å². The molecule has 21 heavy (non-hydrogen) atoms. The Bertz CT molecular complexity index is 557. The van der Waals surface area contributed by atoms with Crippen molar-refractivity contribution in [2.24, 2.45) is 5.92 Å². The Morgan fingerprint density at radius 2 is 1.95 bits per heavy atom. The van der Waals surface area contributed by atoms with Gasteiger partial charge in [0.05, 0.1) is 17.5 Å². The molecular formula is C15H22ClNO3S. The van der Waals surface area contributed by atoms with E-state index in [1.54, 1.807) is 0 Å². The second-order valence-electron chi connectivity index (χ2n) is 4.95. The average molecular weight is 332 g/mol. The Kier molecular flexibility index (Phi) is 6.87. The SMILES string of the molecule is C=CCN(C(CO)[C@@H](C)CC)S(=O)(=O)c1ccc(Cl)cc1. The molecule has 0 amide bonds. The minimum atomic E-state index is -3.70. The van der Waals surface area contributed by atoms with Gasteiger partial charge in [-0.2, -0.15) is 4.31 Å². The molecular weight excluding hydrogens is 310 g/mol. The molecule has 0 aromatic heterocycles. The van der Waals surface area contributed by atoms with E-state index < -0.39 is 16.1 Å². The highest BCUT2D eigenvalue weighted by molar-refractivity contribution is 7.89. The molecule has 0 spiro atoms. The maximum atomic E-state index is 12.8. The number of rotatable bonds is 8. The molecule has 6 heteroatoms. The highest BCUT2D eigenvalue weighted by Gasteiger charge is 2.32. The lowest BCUT2D eigenvalue weighted by molar-refractivity contribution is 0.150. The first kappa shape index (κ1) is 18.2. The standard InChI is InChI=1S/C15H22ClNO3S/c1-4-10-17(15(11-18)12(3)5-2)21(19,20)14-8-6-13(16)7-9-14/h4,6-9,12,15,18H,1,5,10-11H2,2-3H3/t12-,15?/m0/s1. The Morgan fingerprint density at radius 1 is 1.38 bits per heavy atom. The molecule has 1 rings (SSSR count). The Morgan fingerprint density at radius 3 is 2.38 bits per heavy atom. The van der Waals surface area contributed by atoms with Gasteiger partial charge in [-0.25, -0.2) is 8.42 Å². The first-order valence-corrected chi connectivity index (χ1v) is 8.69. The van der Waals surface area contributed by atoms with E-state index in [4.69, 9.17) is 11.6 Å². The normalized spacial score (nSPS) is 14.9. The maximum Gasteiger partial charge on any atom is 0.243 e. The number of halogens is 1. The van der Waals surface area contributed by atoms with Gasteiger partial charge in [0.2, 0.25) is 10.0 Å². The van der Waals surface area contributed by atoms with Crippen LogP contribution in [0.5, 0.6) is 0 Å². The summed E-state index contributed by atoms with van der Waals surface area (Å²) in [4.78, 5) is 0.163. The third-order valence-electron chi connectivity index (χ3n) is 3.59. The summed E-state index contributed by atoms with van der Waals surface area (Å²) in [6.07, 6.45) is 2.30. The quantitative estimate of drug-likeness (QED) is 0.745. The molecule has 0 saturated heterocycles. The zero-order valence-electron chi connectivity index (χ0n) is 12.4. The third-order valence-corrected chi connectivity index (χ3v) is 5.74. The smallest absolute Gasteiger partial charge is 0.243 e. The van der Waals surface area contributed by atoms with Crippen LogP contribution in [-0.4, -0.2) is 37.0 Å². The number of hydrogen-bond acceptors (Lipinski definition) is 3. The van der Waals surface area contributed by atoms with Gasteiger partial charge in [0, 0.05) is 11.6 Å². The monoisotopic (exact) mass is 331 g/mol. The molecule has 0 radical (unpaired) electrons. The molecule has 118 valence electrons. The second kappa shape index (κ2) is 7.94. The van der Waals surface area contributed by atoms with E-state index in [1.807, 2.05) is 13.8 Å². The van der Waals surface area contributed by atoms with Gasteiger partial charge >= 0.3 is 0 Å². The van der Waals surface area contributed by atoms with Crippen molar-refractivity contribution in [1.29, 1.82) is 0 Å². The fourth-order valence-electron chi connectivity index (χ4n) is 2.11. The molecule has 1 aromatic rings. The zero-order valence-corrected chi connectivity index (χ0v) is 13.9. The van der Waals surface area contributed by atoms with Gasteiger partial charge in [-0.1, -0.05) is 37.9 Å². The number of benzene rings is 1. The molecule has 0 aliphatic rings. The van der Waals surface area contributed by atoms with Gasteiger partial charge in [-0.05, 0) is 30.2 Å². The van der Waals surface area contributed by atoms with Gasteiger partial charge in [0.1, 0.15) is 0 Å². The van der Waals surface area contributed by atoms with Crippen molar-refractivity contribution in [3.05, 3.63) is 41.9 Å². The molecule has 0 aliphatic heterocycles. The first-order chi connectivity index (χ1) is 9.88. The van der Waals surface area contributed by atoms with E-state index in [-0.39, 0.29) is 24.0 Å². The zero-order chi connectivity index (χ0) is 16.0. The minimum absolute atomic E-state index is 0.0389. The van der Waals surface area contributed by atoms with Crippen molar-refractivity contribution >= 4 is 21.6 Å². The predicted molar refractivity (Wildman–Crippen MR) is 85.9 cm³/mol. The van der Waals surface area contributed by atoms with Crippen LogP contribution in [0.3, 0.4) is 0 Å². The van der Waals surface area contributed by atoms with Gasteiger partial charge in [0.25, 0.3) is 0 Å². The van der Waals surface area contributed by atoms with Crippen LogP contribution >= 0.6 is 11.6 Å². The number of nitrogens with zero attached hydrogens (tertiary/aromatic N) is 1. The van der Waals surface area contributed by atoms with Gasteiger partial charge < -0.3 is 5.11 Å². The van der Waals surface area contributed by atoms with Crippen LogP contribution in [-0.2, 0) is 10.0 Å². The number of aliphatic hydroxyl groups is 1. The van der Waals surface area contributed by atoms with Crippen molar-refractivity contribution in [2.75, 3.05) is 13.2 Å². The van der Waals surface area contributed by atoms with E-state index >= 15 is 0 Å². The van der Waals surface area contributed by atoms with Crippen molar-refractivity contribution in [3.8, 4) is 0 Å². The van der Waals surface area contributed by atoms with Gasteiger partial charge in [0.15, 0.2) is 0 Å². The number of sulfonamides is 1. The molecule has 0 fully saturated rings. The van der Waals surface area contributed by atoms with Crippen LogP contribution in [0.1, 0.15) is 20.3 Å². The summed E-state index contributed by atoms with van der Waals surface area (Å²) in [6.45, 7) is 7.43. The summed E-state index contributed by atoms with van der Waals surface area (Å²) in [7, 11) is -3.70. The summed E-state index contributed by atoms with van der Waals surface area (Å²) < 4.78 is 26.9. The largest absolute Gasteiger partial charge is 0.395 e. The minimum Gasteiger partial charge on any atom is -0.395 e. The first-order valence-electron chi connectivity index (χ1n) is 6.87. The summed E-state index contributed by atoms with van der Waals surface area (Å²) in [5.74, 6) is 0.0389. The van der Waals surface area contributed by atoms with Crippen molar-refractivity contribution < 1.29 is 13.5 Å². The van der Waals surface area contributed by atoms with E-state index in [9.17, 15) is 13.5 Å². The molecule has 0 aliphatic carbocycles. The van der Waals surface area contributed by atoms with E-state index in [0.29, 0.717) is 5.02 Å². The summed E-state index contributed by atoms with van der Waals surface area (Å²) in [5.41, 5.74) is 0. The molecule has 0 bridgehead atoms. The van der Waals surface area contributed by atoms with Crippen LogP contribution < -0.4 is 0 Å². The Balaban J connectivity index is 3.24. The molecule has 4 nitrogen and oxygen atoms in total. The topological polar surface area (TPSA) is 57.6 Å². The van der Waals surface area contributed by atoms with E-state index in [1.165, 1.54) is 34.6 Å². The number of hydrogen-bond donors (Lipinski definition) is 1. The average Bonchev–Trinajstić information content (AvgIpc) is 2.47. The van der Waals surface area contributed by atoms with E-state index in [0.717, 1.165) is 6.42 Å². The lowest BCUT2D eigenvalue weighted by atomic mass is 10.00. The lowest BCUT2D eigenvalue weighted by Crippen LogP contribution is -2.46. The van der Waals surface area contributed by atoms with Crippen LogP contribution in [0.2, 0.25) is 5.02 Å². The fraction of sp³-hybridized carbons (Fsp3) is 0.467. The van der Waals surface area contributed by atoms with Crippen LogP contribution in [0.25, 0.3) is 0 Å². The Labute approximate surface area is 132 Å².